The Morgan fingerprint density at radius 2 is 1.48 bits per heavy atom. The number of esters is 1. The van der Waals surface area contributed by atoms with Gasteiger partial charge in [-0.15, -0.1) is 0 Å². The molecule has 0 aliphatic rings. The van der Waals surface area contributed by atoms with E-state index in [0.717, 1.165) is 11.1 Å². The van der Waals surface area contributed by atoms with Crippen molar-refractivity contribution in [3.8, 4) is 22.3 Å². The van der Waals surface area contributed by atoms with Gasteiger partial charge in [0.15, 0.2) is 0 Å². The molecular weight excluding hydrogens is 566 g/mol. The van der Waals surface area contributed by atoms with Gasteiger partial charge in [-0.2, -0.15) is 0 Å². The molecule has 0 fully saturated rings. The fourth-order valence-electron chi connectivity index (χ4n) is 5.11. The molecule has 1 heterocycles. The van der Waals surface area contributed by atoms with Crippen molar-refractivity contribution in [2.75, 3.05) is 7.11 Å². The van der Waals surface area contributed by atoms with Crippen LogP contribution in [-0.2, 0) is 16.1 Å². The zero-order chi connectivity index (χ0) is 31.8. The normalized spacial score (nSPS) is 12.8. The SMILES string of the molecule is COC(=O)C[C@H](O)C[C@@H](O)/C=C/c1c(-c2ccc(F)cc2)c(-c2ccccc2)c(C(=O)NCc2ccc(F)cc2)n1C(C)C. The van der Waals surface area contributed by atoms with Gasteiger partial charge in [-0.1, -0.05) is 60.7 Å². The molecule has 2 atom stereocenters. The van der Waals surface area contributed by atoms with Gasteiger partial charge in [0.05, 0.1) is 25.7 Å². The molecule has 7 nitrogen and oxygen atoms in total. The number of carbonyl (C=O) groups excluding carboxylic acids is 2. The molecule has 3 aromatic carbocycles. The third kappa shape index (κ3) is 7.86. The van der Waals surface area contributed by atoms with Crippen molar-refractivity contribution in [3.63, 3.8) is 0 Å². The Hall–Kier alpha value is -4.60. The lowest BCUT2D eigenvalue weighted by Crippen LogP contribution is -2.27. The standard InChI is InChI=1S/C35H36F2N2O5/c1-22(2)39-30(18-17-28(40)19-29(41)20-31(42)44-3)32(25-11-15-27(37)16-12-25)33(24-7-5-4-6-8-24)34(39)35(43)38-21-23-9-13-26(36)14-10-23/h4-18,22,28-29,40-41H,19-21H2,1-3H3,(H,38,43)/b18-17+/t28-,29+/m0/s1. The van der Waals surface area contributed by atoms with E-state index in [0.29, 0.717) is 28.1 Å². The third-order valence-corrected chi connectivity index (χ3v) is 7.16. The summed E-state index contributed by atoms with van der Waals surface area (Å²) in [5.74, 6) is -1.76. The molecule has 0 saturated heterocycles. The highest BCUT2D eigenvalue weighted by Crippen LogP contribution is 2.42. The number of aromatic nitrogens is 1. The number of nitrogens with zero attached hydrogens (tertiary/aromatic N) is 1. The summed E-state index contributed by atoms with van der Waals surface area (Å²) in [4.78, 5) is 25.6. The van der Waals surface area contributed by atoms with Crippen LogP contribution in [-0.4, -0.2) is 46.0 Å². The van der Waals surface area contributed by atoms with E-state index in [9.17, 15) is 28.6 Å². The Bertz CT molecular complexity index is 1600. The summed E-state index contributed by atoms with van der Waals surface area (Å²) in [5.41, 5.74) is 4.32. The summed E-state index contributed by atoms with van der Waals surface area (Å²) in [6.45, 7) is 4.01. The minimum absolute atomic E-state index is 0.115. The van der Waals surface area contributed by atoms with Crippen molar-refractivity contribution >= 4 is 18.0 Å². The first kappa shape index (κ1) is 32.3. The number of nitrogens with one attached hydrogen (secondary N) is 1. The molecule has 1 aromatic heterocycles. The lowest BCUT2D eigenvalue weighted by atomic mass is 9.94. The van der Waals surface area contributed by atoms with Crippen molar-refractivity contribution in [2.45, 2.75) is 51.5 Å². The van der Waals surface area contributed by atoms with E-state index >= 15 is 0 Å². The molecule has 44 heavy (non-hydrogen) atoms. The first-order valence-corrected chi connectivity index (χ1v) is 14.3. The van der Waals surface area contributed by atoms with Crippen LogP contribution in [0.2, 0.25) is 0 Å². The summed E-state index contributed by atoms with van der Waals surface area (Å²) < 4.78 is 34.0. The van der Waals surface area contributed by atoms with Gasteiger partial charge < -0.3 is 24.8 Å². The van der Waals surface area contributed by atoms with E-state index in [-0.39, 0.29) is 37.2 Å². The van der Waals surface area contributed by atoms with E-state index in [1.54, 1.807) is 30.3 Å². The summed E-state index contributed by atoms with van der Waals surface area (Å²) in [6.07, 6.45) is 0.552. The Labute approximate surface area is 255 Å². The van der Waals surface area contributed by atoms with Crippen LogP contribution in [0.1, 0.15) is 54.5 Å². The molecule has 0 saturated carbocycles. The highest BCUT2D eigenvalue weighted by molar-refractivity contribution is 6.06. The molecular formula is C35H36F2N2O5. The highest BCUT2D eigenvalue weighted by Gasteiger charge is 2.29. The number of aliphatic hydroxyl groups is 2. The van der Waals surface area contributed by atoms with E-state index in [2.05, 4.69) is 10.1 Å². The van der Waals surface area contributed by atoms with Gasteiger partial charge in [0.2, 0.25) is 0 Å². The number of halogens is 2. The molecule has 0 aliphatic heterocycles. The van der Waals surface area contributed by atoms with Crippen LogP contribution in [0.3, 0.4) is 0 Å². The smallest absolute Gasteiger partial charge is 0.308 e. The maximum atomic E-state index is 14.1. The minimum atomic E-state index is -1.12. The number of carbonyl (C=O) groups is 2. The van der Waals surface area contributed by atoms with Crippen molar-refractivity contribution in [1.82, 2.24) is 9.88 Å². The van der Waals surface area contributed by atoms with Gasteiger partial charge in [0.25, 0.3) is 5.91 Å². The average Bonchev–Trinajstić information content (AvgIpc) is 3.35. The Kier molecular flexibility index (Phi) is 10.8. The fraction of sp³-hybridized carbons (Fsp3) is 0.257. The van der Waals surface area contributed by atoms with E-state index in [1.807, 2.05) is 48.7 Å². The zero-order valence-corrected chi connectivity index (χ0v) is 24.8. The van der Waals surface area contributed by atoms with Gasteiger partial charge in [-0.25, -0.2) is 8.78 Å². The lowest BCUT2D eigenvalue weighted by molar-refractivity contribution is -0.143. The average molecular weight is 603 g/mol. The van der Waals surface area contributed by atoms with Crippen LogP contribution in [0.4, 0.5) is 8.78 Å². The second-order valence-electron chi connectivity index (χ2n) is 10.7. The molecule has 1 amide bonds. The first-order chi connectivity index (χ1) is 21.1. The molecule has 0 unspecified atom stereocenters. The number of ether oxygens (including phenoxy) is 1. The maximum Gasteiger partial charge on any atom is 0.308 e. The minimum Gasteiger partial charge on any atom is -0.469 e. The number of aliphatic hydroxyl groups excluding tert-OH is 2. The quantitative estimate of drug-likeness (QED) is 0.165. The summed E-state index contributed by atoms with van der Waals surface area (Å²) in [5, 5.41) is 24.0. The monoisotopic (exact) mass is 602 g/mol. The Balaban J connectivity index is 1.88. The molecule has 3 N–H and O–H groups in total. The number of benzene rings is 3. The predicted octanol–water partition coefficient (Wildman–Crippen LogP) is 6.30. The molecule has 0 aliphatic carbocycles. The molecule has 0 spiro atoms. The summed E-state index contributed by atoms with van der Waals surface area (Å²) >= 11 is 0. The summed E-state index contributed by atoms with van der Waals surface area (Å²) in [7, 11) is 1.22. The molecule has 230 valence electrons. The van der Waals surface area contributed by atoms with Crippen molar-refractivity contribution in [3.05, 3.63) is 114 Å². The summed E-state index contributed by atoms with van der Waals surface area (Å²) in [6, 6.07) is 20.9. The van der Waals surface area contributed by atoms with Crippen LogP contribution in [0.5, 0.6) is 0 Å². The second-order valence-corrected chi connectivity index (χ2v) is 10.7. The zero-order valence-electron chi connectivity index (χ0n) is 24.8. The largest absolute Gasteiger partial charge is 0.469 e. The van der Waals surface area contributed by atoms with E-state index in [1.165, 1.54) is 37.5 Å². The molecule has 4 rings (SSSR count). The van der Waals surface area contributed by atoms with Gasteiger partial charge in [0.1, 0.15) is 17.3 Å². The van der Waals surface area contributed by atoms with Crippen molar-refractivity contribution < 1.29 is 33.3 Å². The van der Waals surface area contributed by atoms with E-state index < -0.39 is 24.0 Å². The Morgan fingerprint density at radius 3 is 2.07 bits per heavy atom. The number of rotatable bonds is 12. The van der Waals surface area contributed by atoms with Crippen LogP contribution < -0.4 is 5.32 Å². The maximum absolute atomic E-state index is 14.1. The van der Waals surface area contributed by atoms with Crippen LogP contribution in [0.25, 0.3) is 28.3 Å². The van der Waals surface area contributed by atoms with Crippen molar-refractivity contribution in [1.29, 1.82) is 0 Å². The molecule has 9 heteroatoms. The van der Waals surface area contributed by atoms with Gasteiger partial charge in [-0.3, -0.25) is 9.59 Å². The van der Waals surface area contributed by atoms with Crippen LogP contribution >= 0.6 is 0 Å². The van der Waals surface area contributed by atoms with Gasteiger partial charge >= 0.3 is 5.97 Å². The molecule has 4 aromatic rings. The Morgan fingerprint density at radius 1 is 0.886 bits per heavy atom. The highest BCUT2D eigenvalue weighted by atomic mass is 19.1. The third-order valence-electron chi connectivity index (χ3n) is 7.16. The lowest BCUT2D eigenvalue weighted by Gasteiger charge is -2.17. The number of hydrogen-bond acceptors (Lipinski definition) is 5. The molecule has 0 radical (unpaired) electrons. The van der Waals surface area contributed by atoms with Crippen LogP contribution in [0, 0.1) is 11.6 Å². The number of hydrogen-bond donors (Lipinski definition) is 3. The topological polar surface area (TPSA) is 101 Å². The van der Waals surface area contributed by atoms with Gasteiger partial charge in [-0.05, 0) is 60.9 Å². The predicted molar refractivity (Wildman–Crippen MR) is 166 cm³/mol. The fourth-order valence-corrected chi connectivity index (χ4v) is 5.11. The first-order valence-electron chi connectivity index (χ1n) is 14.3. The van der Waals surface area contributed by atoms with Crippen molar-refractivity contribution in [2.24, 2.45) is 0 Å². The van der Waals surface area contributed by atoms with E-state index in [4.69, 9.17) is 0 Å². The second kappa shape index (κ2) is 14.7. The van der Waals surface area contributed by atoms with Crippen LogP contribution in [0.15, 0.2) is 84.9 Å². The number of amides is 1. The number of methoxy groups -OCH3 is 1. The van der Waals surface area contributed by atoms with Gasteiger partial charge in [0, 0.05) is 35.8 Å². The molecule has 0 bridgehead atoms.